The maximum Gasteiger partial charge on any atom is 0.224 e. The van der Waals surface area contributed by atoms with Gasteiger partial charge in [0.25, 0.3) is 0 Å². The van der Waals surface area contributed by atoms with Crippen LogP contribution < -0.4 is 5.32 Å². The van der Waals surface area contributed by atoms with E-state index in [1.165, 1.54) is 18.2 Å². The van der Waals surface area contributed by atoms with Gasteiger partial charge in [-0.3, -0.25) is 4.79 Å². The highest BCUT2D eigenvalue weighted by molar-refractivity contribution is 5.79. The molecule has 0 unspecified atom stereocenters. The fourth-order valence-electron chi connectivity index (χ4n) is 2.51. The predicted octanol–water partition coefficient (Wildman–Crippen LogP) is 2.84. The van der Waals surface area contributed by atoms with Crippen LogP contribution in [0.1, 0.15) is 30.6 Å². The van der Waals surface area contributed by atoms with Crippen LogP contribution in [0.5, 0.6) is 5.75 Å². The van der Waals surface area contributed by atoms with E-state index in [4.69, 9.17) is 0 Å². The summed E-state index contributed by atoms with van der Waals surface area (Å²) in [5.74, 6) is -2.09. The maximum atomic E-state index is 13.8. The zero-order valence-corrected chi connectivity index (χ0v) is 13.2. The summed E-state index contributed by atoms with van der Waals surface area (Å²) in [5.41, 5.74) is 0.135. The molecule has 0 aliphatic carbocycles. The van der Waals surface area contributed by atoms with Crippen molar-refractivity contribution in [3.8, 4) is 5.75 Å². The molecule has 2 rings (SSSR count). The molecule has 0 bridgehead atoms. The number of aliphatic hydroxyl groups is 1. The third-order valence-electron chi connectivity index (χ3n) is 3.74. The summed E-state index contributed by atoms with van der Waals surface area (Å²) in [6.07, 6.45) is -1.22. The minimum absolute atomic E-state index is 0.0165. The topological polar surface area (TPSA) is 69.6 Å². The molecule has 0 radical (unpaired) electrons. The summed E-state index contributed by atoms with van der Waals surface area (Å²) in [5, 5.41) is 22.2. The second kappa shape index (κ2) is 7.88. The van der Waals surface area contributed by atoms with Gasteiger partial charge < -0.3 is 15.5 Å². The van der Waals surface area contributed by atoms with E-state index in [9.17, 15) is 23.8 Å². The molecule has 0 fully saturated rings. The highest BCUT2D eigenvalue weighted by Crippen LogP contribution is 2.25. The summed E-state index contributed by atoms with van der Waals surface area (Å²) in [6.45, 7) is 1.70. The molecule has 2 aromatic carbocycles. The van der Waals surface area contributed by atoms with Crippen molar-refractivity contribution >= 4 is 5.91 Å². The zero-order valence-electron chi connectivity index (χ0n) is 13.2. The van der Waals surface area contributed by atoms with Crippen molar-refractivity contribution in [2.75, 3.05) is 0 Å². The second-order valence-electron chi connectivity index (χ2n) is 5.51. The van der Waals surface area contributed by atoms with Gasteiger partial charge in [-0.2, -0.15) is 0 Å². The van der Waals surface area contributed by atoms with Crippen LogP contribution in [0.15, 0.2) is 42.5 Å². The van der Waals surface area contributed by atoms with Gasteiger partial charge in [0.15, 0.2) is 0 Å². The molecule has 2 atom stereocenters. The highest BCUT2D eigenvalue weighted by Gasteiger charge is 2.26. The number of phenolic OH excluding ortho intramolecular Hbond substituents is 1. The van der Waals surface area contributed by atoms with Crippen LogP contribution in [0.3, 0.4) is 0 Å². The van der Waals surface area contributed by atoms with Crippen LogP contribution in [-0.4, -0.2) is 22.2 Å². The largest absolute Gasteiger partial charge is 0.508 e. The van der Waals surface area contributed by atoms with E-state index in [2.05, 4.69) is 5.32 Å². The van der Waals surface area contributed by atoms with Gasteiger partial charge >= 0.3 is 0 Å². The molecular formula is C18H19F2NO3. The average Bonchev–Trinajstić information content (AvgIpc) is 2.52. The van der Waals surface area contributed by atoms with Crippen LogP contribution in [0.25, 0.3) is 0 Å². The molecule has 2 aromatic rings. The SMILES string of the molecule is CC[C@H](NC(=O)Cc1cccc(O)c1)[C@@H](O)c1c(F)cccc1F. The van der Waals surface area contributed by atoms with E-state index in [1.54, 1.807) is 19.1 Å². The minimum Gasteiger partial charge on any atom is -0.508 e. The molecule has 0 saturated carbocycles. The quantitative estimate of drug-likeness (QED) is 0.760. The Labute approximate surface area is 138 Å². The van der Waals surface area contributed by atoms with Gasteiger partial charge in [0.1, 0.15) is 23.5 Å². The van der Waals surface area contributed by atoms with Crippen molar-refractivity contribution in [3.05, 3.63) is 65.2 Å². The Morgan fingerprint density at radius 1 is 1.17 bits per heavy atom. The van der Waals surface area contributed by atoms with E-state index in [-0.39, 0.29) is 12.2 Å². The predicted molar refractivity (Wildman–Crippen MR) is 85.4 cm³/mol. The van der Waals surface area contributed by atoms with E-state index in [0.29, 0.717) is 12.0 Å². The summed E-state index contributed by atoms with van der Waals surface area (Å²) < 4.78 is 27.6. The lowest BCUT2D eigenvalue weighted by molar-refractivity contribution is -0.122. The molecule has 4 nitrogen and oxygen atoms in total. The van der Waals surface area contributed by atoms with Gasteiger partial charge in [-0.15, -0.1) is 0 Å². The van der Waals surface area contributed by atoms with Gasteiger partial charge in [-0.25, -0.2) is 8.78 Å². The van der Waals surface area contributed by atoms with Crippen molar-refractivity contribution in [1.82, 2.24) is 5.32 Å². The summed E-state index contributed by atoms with van der Waals surface area (Å²) >= 11 is 0. The number of aromatic hydroxyl groups is 1. The van der Waals surface area contributed by atoms with Crippen molar-refractivity contribution in [2.45, 2.75) is 31.9 Å². The van der Waals surface area contributed by atoms with Crippen LogP contribution in [0.2, 0.25) is 0 Å². The lowest BCUT2D eigenvalue weighted by atomic mass is 9.98. The van der Waals surface area contributed by atoms with Crippen LogP contribution in [0.4, 0.5) is 8.78 Å². The normalized spacial score (nSPS) is 13.3. The number of amides is 1. The number of hydrogen-bond donors (Lipinski definition) is 3. The van der Waals surface area contributed by atoms with Crippen molar-refractivity contribution < 1.29 is 23.8 Å². The first-order chi connectivity index (χ1) is 11.4. The van der Waals surface area contributed by atoms with E-state index in [1.807, 2.05) is 0 Å². The van der Waals surface area contributed by atoms with Gasteiger partial charge in [0, 0.05) is 0 Å². The van der Waals surface area contributed by atoms with Crippen LogP contribution >= 0.6 is 0 Å². The summed E-state index contributed by atoms with van der Waals surface area (Å²) in [4.78, 5) is 12.1. The molecule has 1 amide bonds. The molecule has 0 aromatic heterocycles. The molecule has 0 spiro atoms. The average molecular weight is 335 g/mol. The monoisotopic (exact) mass is 335 g/mol. The molecule has 0 aliphatic heterocycles. The number of hydrogen-bond acceptors (Lipinski definition) is 3. The van der Waals surface area contributed by atoms with Gasteiger partial charge in [-0.1, -0.05) is 25.1 Å². The van der Waals surface area contributed by atoms with Crippen molar-refractivity contribution in [3.63, 3.8) is 0 Å². The number of halogens is 2. The lowest BCUT2D eigenvalue weighted by Gasteiger charge is -2.24. The van der Waals surface area contributed by atoms with Crippen molar-refractivity contribution in [1.29, 1.82) is 0 Å². The number of phenols is 1. The molecule has 0 aliphatic rings. The molecular weight excluding hydrogens is 316 g/mol. The molecule has 128 valence electrons. The van der Waals surface area contributed by atoms with E-state index in [0.717, 1.165) is 12.1 Å². The van der Waals surface area contributed by atoms with E-state index < -0.39 is 35.3 Å². The van der Waals surface area contributed by atoms with Gasteiger partial charge in [-0.05, 0) is 36.2 Å². The number of rotatable bonds is 6. The number of carbonyl (C=O) groups is 1. The first-order valence-electron chi connectivity index (χ1n) is 7.61. The second-order valence-corrected chi connectivity index (χ2v) is 5.51. The highest BCUT2D eigenvalue weighted by atomic mass is 19.1. The molecule has 0 saturated heterocycles. The third-order valence-corrected chi connectivity index (χ3v) is 3.74. The lowest BCUT2D eigenvalue weighted by Crippen LogP contribution is -2.40. The number of aliphatic hydroxyl groups excluding tert-OH is 1. The van der Waals surface area contributed by atoms with Crippen LogP contribution in [0, 0.1) is 11.6 Å². The zero-order chi connectivity index (χ0) is 17.7. The number of nitrogens with one attached hydrogen (secondary N) is 1. The Morgan fingerprint density at radius 2 is 1.79 bits per heavy atom. The Kier molecular flexibility index (Phi) is 5.87. The van der Waals surface area contributed by atoms with Gasteiger partial charge in [0.2, 0.25) is 5.91 Å². The first-order valence-corrected chi connectivity index (χ1v) is 7.61. The fraction of sp³-hybridized carbons (Fsp3) is 0.278. The standard InChI is InChI=1S/C18H19F2NO3/c1-2-15(18(24)17-13(19)7-4-8-14(17)20)21-16(23)10-11-5-3-6-12(22)9-11/h3-9,15,18,22,24H,2,10H2,1H3,(H,21,23)/t15-,18+/m0/s1. The Bertz CT molecular complexity index is 701. The Morgan fingerprint density at radius 3 is 2.38 bits per heavy atom. The van der Waals surface area contributed by atoms with Crippen molar-refractivity contribution in [2.24, 2.45) is 0 Å². The minimum atomic E-state index is -1.50. The van der Waals surface area contributed by atoms with E-state index >= 15 is 0 Å². The Balaban J connectivity index is 2.09. The third kappa shape index (κ3) is 4.29. The molecule has 24 heavy (non-hydrogen) atoms. The number of carbonyl (C=O) groups excluding carboxylic acids is 1. The molecule has 3 N–H and O–H groups in total. The van der Waals surface area contributed by atoms with Crippen LogP contribution in [-0.2, 0) is 11.2 Å². The smallest absolute Gasteiger partial charge is 0.224 e. The maximum absolute atomic E-state index is 13.8. The fourth-order valence-corrected chi connectivity index (χ4v) is 2.51. The summed E-state index contributed by atoms with van der Waals surface area (Å²) in [6, 6.07) is 8.72. The van der Waals surface area contributed by atoms with Gasteiger partial charge in [0.05, 0.1) is 18.0 Å². The first kappa shape index (κ1) is 17.9. The molecule has 0 heterocycles. The summed E-state index contributed by atoms with van der Waals surface area (Å²) in [7, 11) is 0. The molecule has 6 heteroatoms. The Hall–Kier alpha value is -2.47. The number of benzene rings is 2.